The van der Waals surface area contributed by atoms with Gasteiger partial charge in [-0.3, -0.25) is 4.79 Å². The molecule has 1 unspecified atom stereocenters. The van der Waals surface area contributed by atoms with Gasteiger partial charge in [0.15, 0.2) is 0 Å². The van der Waals surface area contributed by atoms with Gasteiger partial charge in [0, 0.05) is 6.04 Å². The fourth-order valence-electron chi connectivity index (χ4n) is 2.89. The Balaban J connectivity index is 1.93. The quantitative estimate of drug-likeness (QED) is 0.771. The van der Waals surface area contributed by atoms with E-state index in [1.807, 2.05) is 13.8 Å². The van der Waals surface area contributed by atoms with Crippen LogP contribution in [0.3, 0.4) is 0 Å². The molecule has 1 amide bonds. The summed E-state index contributed by atoms with van der Waals surface area (Å²) in [5.74, 6) is 1.76. The highest BCUT2D eigenvalue weighted by Crippen LogP contribution is 2.41. The first-order valence-electron chi connectivity index (χ1n) is 5.96. The highest BCUT2D eigenvalue weighted by Gasteiger charge is 2.37. The topological polar surface area (TPSA) is 29.1 Å². The molecule has 0 saturated heterocycles. The molecule has 0 radical (unpaired) electrons. The number of alkyl halides is 1. The maximum Gasteiger partial charge on any atom is 0.236 e. The van der Waals surface area contributed by atoms with Crippen LogP contribution in [0.15, 0.2) is 0 Å². The van der Waals surface area contributed by atoms with Gasteiger partial charge in [-0.1, -0.05) is 28.8 Å². The van der Waals surface area contributed by atoms with Crippen molar-refractivity contribution in [2.75, 3.05) is 0 Å². The van der Waals surface area contributed by atoms with Gasteiger partial charge in [-0.2, -0.15) is 0 Å². The van der Waals surface area contributed by atoms with Gasteiger partial charge in [0.05, 0.1) is 4.32 Å². The van der Waals surface area contributed by atoms with Crippen molar-refractivity contribution in [1.29, 1.82) is 0 Å². The second-order valence-electron chi connectivity index (χ2n) is 5.57. The van der Waals surface area contributed by atoms with Crippen molar-refractivity contribution in [2.24, 2.45) is 11.8 Å². The van der Waals surface area contributed by atoms with E-state index in [4.69, 9.17) is 0 Å². The Bertz CT molecular complexity index is 251. The van der Waals surface area contributed by atoms with E-state index in [1.165, 1.54) is 32.1 Å². The lowest BCUT2D eigenvalue weighted by atomic mass is 9.68. The van der Waals surface area contributed by atoms with E-state index in [-0.39, 0.29) is 5.91 Å². The average Bonchev–Trinajstić information content (AvgIpc) is 2.18. The van der Waals surface area contributed by atoms with Gasteiger partial charge in [-0.15, -0.1) is 0 Å². The van der Waals surface area contributed by atoms with Crippen LogP contribution in [0.25, 0.3) is 0 Å². The number of fused-ring (bicyclic) bond motifs is 3. The van der Waals surface area contributed by atoms with Crippen molar-refractivity contribution < 1.29 is 4.79 Å². The number of halogens is 1. The first-order chi connectivity index (χ1) is 6.97. The van der Waals surface area contributed by atoms with Crippen molar-refractivity contribution in [1.82, 2.24) is 5.32 Å². The fourth-order valence-corrected chi connectivity index (χ4v) is 3.01. The van der Waals surface area contributed by atoms with Crippen LogP contribution in [-0.4, -0.2) is 16.3 Å². The standard InChI is InChI=1S/C12H20BrNO/c1-12(2,13)11(15)14-10-7-8-3-5-9(10)6-4-8/h8-10H,3-7H2,1-2H3,(H,14,15). The third-order valence-electron chi connectivity index (χ3n) is 3.90. The molecule has 1 N–H and O–H groups in total. The van der Waals surface area contributed by atoms with Gasteiger partial charge >= 0.3 is 0 Å². The summed E-state index contributed by atoms with van der Waals surface area (Å²) in [4.78, 5) is 11.9. The lowest BCUT2D eigenvalue weighted by Crippen LogP contribution is -2.51. The molecule has 0 aromatic heterocycles. The summed E-state index contributed by atoms with van der Waals surface area (Å²) in [5, 5.41) is 3.20. The Morgan fingerprint density at radius 2 is 1.87 bits per heavy atom. The molecule has 1 atom stereocenters. The molecular weight excluding hydrogens is 254 g/mol. The number of rotatable bonds is 2. The number of hydrogen-bond donors (Lipinski definition) is 1. The molecule has 0 aromatic rings. The minimum atomic E-state index is -0.427. The van der Waals surface area contributed by atoms with Crippen LogP contribution in [0.5, 0.6) is 0 Å². The number of hydrogen-bond acceptors (Lipinski definition) is 1. The lowest BCUT2D eigenvalue weighted by molar-refractivity contribution is -0.124. The fraction of sp³-hybridized carbons (Fsp3) is 0.917. The van der Waals surface area contributed by atoms with E-state index in [0.717, 1.165) is 11.8 Å². The molecule has 0 spiro atoms. The highest BCUT2D eigenvalue weighted by molar-refractivity contribution is 9.10. The van der Waals surface area contributed by atoms with Crippen molar-refractivity contribution in [3.05, 3.63) is 0 Å². The van der Waals surface area contributed by atoms with Gasteiger partial charge < -0.3 is 5.32 Å². The molecule has 3 heteroatoms. The molecule has 3 aliphatic rings. The van der Waals surface area contributed by atoms with Gasteiger partial charge in [0.1, 0.15) is 0 Å². The Morgan fingerprint density at radius 3 is 2.27 bits per heavy atom. The molecule has 2 bridgehead atoms. The second-order valence-corrected chi connectivity index (χ2v) is 7.55. The van der Waals surface area contributed by atoms with Gasteiger partial charge in [-0.25, -0.2) is 0 Å². The monoisotopic (exact) mass is 273 g/mol. The number of carbonyl (C=O) groups is 1. The maximum atomic E-state index is 11.9. The number of nitrogens with one attached hydrogen (secondary N) is 1. The Hall–Kier alpha value is -0.0500. The molecule has 3 aliphatic carbocycles. The summed E-state index contributed by atoms with van der Waals surface area (Å²) >= 11 is 3.41. The molecule has 15 heavy (non-hydrogen) atoms. The Morgan fingerprint density at radius 1 is 1.27 bits per heavy atom. The first kappa shape index (κ1) is 11.4. The van der Waals surface area contributed by atoms with Gasteiger partial charge in [0.25, 0.3) is 0 Å². The lowest BCUT2D eigenvalue weighted by Gasteiger charge is -2.43. The molecule has 3 saturated carbocycles. The molecule has 0 aliphatic heterocycles. The Kier molecular flexibility index (Phi) is 3.11. The SMILES string of the molecule is CC(C)(Br)C(=O)NC1CC2CCC1CC2. The summed E-state index contributed by atoms with van der Waals surface area (Å²) < 4.78 is -0.427. The Labute approximate surface area is 100 Å². The second kappa shape index (κ2) is 4.08. The summed E-state index contributed by atoms with van der Waals surface area (Å²) in [6.07, 6.45) is 6.61. The van der Waals surface area contributed by atoms with Gasteiger partial charge in [0.2, 0.25) is 5.91 Å². The van der Waals surface area contributed by atoms with E-state index in [9.17, 15) is 4.79 Å². The van der Waals surface area contributed by atoms with Gasteiger partial charge in [-0.05, 0) is 44.9 Å². The van der Waals surface area contributed by atoms with E-state index >= 15 is 0 Å². The third-order valence-corrected chi connectivity index (χ3v) is 4.26. The molecule has 3 fully saturated rings. The van der Waals surface area contributed by atoms with Crippen LogP contribution in [0.1, 0.15) is 46.0 Å². The summed E-state index contributed by atoms with van der Waals surface area (Å²) in [7, 11) is 0. The summed E-state index contributed by atoms with van der Waals surface area (Å²) in [6, 6.07) is 0.446. The molecule has 86 valence electrons. The van der Waals surface area contributed by atoms with E-state index in [2.05, 4.69) is 21.2 Å². The molecular formula is C12H20BrNO. The van der Waals surface area contributed by atoms with Crippen molar-refractivity contribution in [2.45, 2.75) is 56.3 Å². The number of amides is 1. The predicted molar refractivity (Wildman–Crippen MR) is 65.0 cm³/mol. The molecule has 3 rings (SSSR count). The zero-order valence-corrected chi connectivity index (χ0v) is 11.1. The zero-order valence-electron chi connectivity index (χ0n) is 9.55. The zero-order chi connectivity index (χ0) is 11.1. The van der Waals surface area contributed by atoms with Crippen molar-refractivity contribution in [3.8, 4) is 0 Å². The summed E-state index contributed by atoms with van der Waals surface area (Å²) in [5.41, 5.74) is 0. The average molecular weight is 274 g/mol. The largest absolute Gasteiger partial charge is 0.352 e. The van der Waals surface area contributed by atoms with Crippen molar-refractivity contribution in [3.63, 3.8) is 0 Å². The van der Waals surface area contributed by atoms with Crippen molar-refractivity contribution >= 4 is 21.8 Å². The van der Waals surface area contributed by atoms with Crippen LogP contribution in [-0.2, 0) is 4.79 Å². The van der Waals surface area contributed by atoms with E-state index in [1.54, 1.807) is 0 Å². The highest BCUT2D eigenvalue weighted by atomic mass is 79.9. The molecule has 0 heterocycles. The maximum absolute atomic E-state index is 11.9. The minimum absolute atomic E-state index is 0.139. The minimum Gasteiger partial charge on any atom is -0.352 e. The predicted octanol–water partition coefficient (Wildman–Crippen LogP) is 2.85. The molecule has 2 nitrogen and oxygen atoms in total. The normalized spacial score (nSPS) is 35.3. The van der Waals surface area contributed by atoms with Crippen LogP contribution in [0, 0.1) is 11.8 Å². The smallest absolute Gasteiger partial charge is 0.236 e. The van der Waals surface area contributed by atoms with Crippen LogP contribution in [0.4, 0.5) is 0 Å². The van der Waals surface area contributed by atoms with E-state index < -0.39 is 4.32 Å². The first-order valence-corrected chi connectivity index (χ1v) is 6.76. The summed E-state index contributed by atoms with van der Waals surface area (Å²) in [6.45, 7) is 3.81. The van der Waals surface area contributed by atoms with Crippen LogP contribution < -0.4 is 5.32 Å². The van der Waals surface area contributed by atoms with Crippen LogP contribution >= 0.6 is 15.9 Å². The van der Waals surface area contributed by atoms with Crippen LogP contribution in [0.2, 0.25) is 0 Å². The van der Waals surface area contributed by atoms with E-state index in [0.29, 0.717) is 6.04 Å². The third kappa shape index (κ3) is 2.55. The number of carbonyl (C=O) groups excluding carboxylic acids is 1. The molecule has 0 aromatic carbocycles.